The van der Waals surface area contributed by atoms with E-state index < -0.39 is 0 Å². The van der Waals surface area contributed by atoms with Crippen LogP contribution in [0, 0.1) is 0 Å². The van der Waals surface area contributed by atoms with Crippen molar-refractivity contribution in [1.82, 2.24) is 15.0 Å². The summed E-state index contributed by atoms with van der Waals surface area (Å²) in [4.78, 5) is 23.3. The third-order valence-electron chi connectivity index (χ3n) is 3.18. The van der Waals surface area contributed by atoms with Crippen molar-refractivity contribution in [2.45, 2.75) is 0 Å². The Labute approximate surface area is 130 Å². The van der Waals surface area contributed by atoms with E-state index in [0.717, 1.165) is 0 Å². The van der Waals surface area contributed by atoms with Crippen LogP contribution in [0.3, 0.4) is 0 Å². The maximum Gasteiger partial charge on any atom is 0.259 e. The third kappa shape index (κ3) is 2.60. The average Bonchev–Trinajstić information content (AvgIpc) is 2.54. The topological polar surface area (TPSA) is 77.1 Å². The number of fused-ring (bicyclic) bond motifs is 1. The molecule has 0 unspecified atom stereocenters. The van der Waals surface area contributed by atoms with Crippen molar-refractivity contribution >= 4 is 22.5 Å². The van der Waals surface area contributed by atoms with Gasteiger partial charge in [-0.15, -0.1) is 0 Å². The highest BCUT2D eigenvalue weighted by atomic mass is 35.5. The van der Waals surface area contributed by atoms with Gasteiger partial charge in [0.2, 0.25) is 0 Å². The van der Waals surface area contributed by atoms with Crippen LogP contribution in [0.2, 0.25) is 5.15 Å². The Kier molecular flexibility index (Phi) is 3.68. The number of aromatic nitrogens is 3. The smallest absolute Gasteiger partial charge is 0.259 e. The molecule has 22 heavy (non-hydrogen) atoms. The normalized spacial score (nSPS) is 10.7. The fourth-order valence-electron chi connectivity index (χ4n) is 2.10. The molecule has 0 aliphatic heterocycles. The van der Waals surface area contributed by atoms with E-state index in [1.54, 1.807) is 32.4 Å². The second-order valence-electron chi connectivity index (χ2n) is 4.54. The van der Waals surface area contributed by atoms with E-state index in [0.29, 0.717) is 33.8 Å². The van der Waals surface area contributed by atoms with Gasteiger partial charge in [0.1, 0.15) is 22.5 Å². The molecular formula is C15H12ClN3O3. The minimum absolute atomic E-state index is 0.246. The van der Waals surface area contributed by atoms with Gasteiger partial charge in [-0.3, -0.25) is 4.79 Å². The molecule has 2 heterocycles. The van der Waals surface area contributed by atoms with Gasteiger partial charge < -0.3 is 14.5 Å². The predicted molar refractivity (Wildman–Crippen MR) is 83.7 cm³/mol. The second-order valence-corrected chi connectivity index (χ2v) is 4.93. The first kappa shape index (κ1) is 14.3. The molecule has 6 nitrogen and oxygen atoms in total. The lowest BCUT2D eigenvalue weighted by atomic mass is 10.1. The van der Waals surface area contributed by atoms with E-state index in [1.807, 2.05) is 0 Å². The zero-order valence-electron chi connectivity index (χ0n) is 11.9. The molecule has 1 N–H and O–H groups in total. The minimum Gasteiger partial charge on any atom is -0.497 e. The van der Waals surface area contributed by atoms with E-state index in [1.165, 1.54) is 12.3 Å². The van der Waals surface area contributed by atoms with Crippen molar-refractivity contribution in [1.29, 1.82) is 0 Å². The second kappa shape index (κ2) is 5.65. The summed E-state index contributed by atoms with van der Waals surface area (Å²) in [7, 11) is 3.11. The largest absolute Gasteiger partial charge is 0.497 e. The molecule has 1 aromatic carbocycles. The van der Waals surface area contributed by atoms with E-state index in [2.05, 4.69) is 15.0 Å². The molecule has 0 spiro atoms. The van der Waals surface area contributed by atoms with Crippen LogP contribution in [0.25, 0.3) is 22.3 Å². The van der Waals surface area contributed by atoms with Crippen LogP contribution in [-0.4, -0.2) is 29.2 Å². The number of benzene rings is 1. The Morgan fingerprint density at radius 3 is 2.41 bits per heavy atom. The van der Waals surface area contributed by atoms with Crippen LogP contribution in [0.5, 0.6) is 11.5 Å². The number of rotatable bonds is 3. The lowest BCUT2D eigenvalue weighted by Crippen LogP contribution is -2.10. The number of pyridine rings is 1. The summed E-state index contributed by atoms with van der Waals surface area (Å²) in [6.45, 7) is 0. The molecule has 0 radical (unpaired) electrons. The number of hydrogen-bond donors (Lipinski definition) is 1. The van der Waals surface area contributed by atoms with Gasteiger partial charge in [-0.25, -0.2) is 9.97 Å². The molecular weight excluding hydrogens is 306 g/mol. The van der Waals surface area contributed by atoms with Crippen LogP contribution in [0.1, 0.15) is 0 Å². The Hall–Kier alpha value is -2.60. The van der Waals surface area contributed by atoms with Crippen molar-refractivity contribution in [3.05, 3.63) is 46.0 Å². The lowest BCUT2D eigenvalue weighted by Gasteiger charge is -2.08. The van der Waals surface area contributed by atoms with Crippen molar-refractivity contribution in [2.24, 2.45) is 0 Å². The zero-order valence-corrected chi connectivity index (χ0v) is 12.6. The van der Waals surface area contributed by atoms with Gasteiger partial charge in [-0.05, 0) is 18.2 Å². The number of nitrogens with one attached hydrogen (secondary N) is 1. The van der Waals surface area contributed by atoms with E-state index in [9.17, 15) is 4.79 Å². The number of halogens is 1. The summed E-state index contributed by atoms with van der Waals surface area (Å²) in [6.07, 6.45) is 1.47. The van der Waals surface area contributed by atoms with Gasteiger partial charge in [0.05, 0.1) is 31.3 Å². The van der Waals surface area contributed by atoms with Gasteiger partial charge >= 0.3 is 0 Å². The van der Waals surface area contributed by atoms with Crippen LogP contribution >= 0.6 is 11.6 Å². The molecule has 2 aromatic heterocycles. The van der Waals surface area contributed by atoms with Crippen LogP contribution in [0.4, 0.5) is 0 Å². The summed E-state index contributed by atoms with van der Waals surface area (Å²) < 4.78 is 10.4. The maximum absolute atomic E-state index is 12.2. The van der Waals surface area contributed by atoms with E-state index in [4.69, 9.17) is 21.1 Å². The number of ether oxygens (including phenoxy) is 2. The quantitative estimate of drug-likeness (QED) is 0.751. The first-order chi connectivity index (χ1) is 10.6. The SMILES string of the molecule is COc1cc(OC)cc(-c2nc3cnc(Cl)cc3c(=O)[nH]2)c1. The van der Waals surface area contributed by atoms with E-state index in [-0.39, 0.29) is 10.7 Å². The molecule has 3 rings (SSSR count). The minimum atomic E-state index is -0.286. The molecule has 0 aliphatic rings. The highest BCUT2D eigenvalue weighted by Gasteiger charge is 2.10. The third-order valence-corrected chi connectivity index (χ3v) is 3.39. The fourth-order valence-corrected chi connectivity index (χ4v) is 2.26. The standard InChI is InChI=1S/C15H12ClN3O3/c1-21-9-3-8(4-10(5-9)22-2)14-18-12-7-17-13(16)6-11(12)15(20)19-14/h3-7H,1-2H3,(H,18,19,20). The number of nitrogens with zero attached hydrogens (tertiary/aromatic N) is 2. The van der Waals surface area contributed by atoms with Crippen LogP contribution < -0.4 is 15.0 Å². The van der Waals surface area contributed by atoms with Gasteiger partial charge in [0.15, 0.2) is 0 Å². The summed E-state index contributed by atoms with van der Waals surface area (Å²) in [6, 6.07) is 6.74. The molecule has 0 bridgehead atoms. The van der Waals surface area contributed by atoms with Crippen molar-refractivity contribution in [2.75, 3.05) is 14.2 Å². The van der Waals surface area contributed by atoms with Crippen molar-refractivity contribution in [3.8, 4) is 22.9 Å². The fraction of sp³-hybridized carbons (Fsp3) is 0.133. The first-order valence-electron chi connectivity index (χ1n) is 6.39. The molecule has 0 saturated carbocycles. The summed E-state index contributed by atoms with van der Waals surface area (Å²) in [5.41, 5.74) is 0.848. The Morgan fingerprint density at radius 1 is 1.09 bits per heavy atom. The van der Waals surface area contributed by atoms with Gasteiger partial charge in [0, 0.05) is 11.6 Å². The lowest BCUT2D eigenvalue weighted by molar-refractivity contribution is 0.394. The summed E-state index contributed by atoms with van der Waals surface area (Å²) in [5.74, 6) is 1.61. The number of aromatic amines is 1. The molecule has 0 saturated heterocycles. The number of hydrogen-bond acceptors (Lipinski definition) is 5. The molecule has 0 aliphatic carbocycles. The Morgan fingerprint density at radius 2 is 1.77 bits per heavy atom. The van der Waals surface area contributed by atoms with Crippen LogP contribution in [0.15, 0.2) is 35.3 Å². The molecule has 3 aromatic rings. The highest BCUT2D eigenvalue weighted by Crippen LogP contribution is 2.28. The highest BCUT2D eigenvalue weighted by molar-refractivity contribution is 6.30. The summed E-state index contributed by atoms with van der Waals surface area (Å²) >= 11 is 5.80. The van der Waals surface area contributed by atoms with Gasteiger partial charge in [0.25, 0.3) is 5.56 Å². The molecule has 0 atom stereocenters. The molecule has 0 fully saturated rings. The number of methoxy groups -OCH3 is 2. The monoisotopic (exact) mass is 317 g/mol. The predicted octanol–water partition coefficient (Wildman–Crippen LogP) is 2.66. The van der Waals surface area contributed by atoms with Gasteiger partial charge in [-0.1, -0.05) is 11.6 Å². The number of H-pyrrole nitrogens is 1. The molecule has 0 amide bonds. The van der Waals surface area contributed by atoms with E-state index >= 15 is 0 Å². The first-order valence-corrected chi connectivity index (χ1v) is 6.77. The van der Waals surface area contributed by atoms with Crippen molar-refractivity contribution in [3.63, 3.8) is 0 Å². The molecule has 7 heteroatoms. The van der Waals surface area contributed by atoms with Crippen molar-refractivity contribution < 1.29 is 9.47 Å². The van der Waals surface area contributed by atoms with Gasteiger partial charge in [-0.2, -0.15) is 0 Å². The Bertz CT molecular complexity index is 886. The molecule has 112 valence electrons. The summed E-state index contributed by atoms with van der Waals surface area (Å²) in [5, 5.41) is 0.634. The maximum atomic E-state index is 12.2. The zero-order chi connectivity index (χ0) is 15.7. The average molecular weight is 318 g/mol. The van der Waals surface area contributed by atoms with Crippen LogP contribution in [-0.2, 0) is 0 Å². The Balaban J connectivity index is 2.22.